The van der Waals surface area contributed by atoms with Crippen LogP contribution in [0, 0.1) is 17.2 Å². The summed E-state index contributed by atoms with van der Waals surface area (Å²) in [6, 6.07) is 8.93. The van der Waals surface area contributed by atoms with Crippen molar-refractivity contribution in [3.05, 3.63) is 29.8 Å². The molecule has 5 nitrogen and oxygen atoms in total. The molecular formula is C16H23N3O2. The molecule has 1 unspecified atom stereocenters. The maximum absolute atomic E-state index is 11.7. The van der Waals surface area contributed by atoms with Crippen LogP contribution in [0.5, 0.6) is 0 Å². The summed E-state index contributed by atoms with van der Waals surface area (Å²) in [5.41, 5.74) is 1.36. The standard InChI is InChI=1S/C16H23N3O2/c1-3-13(4-2)15(20)10-19-16(21)11-18-14-7-5-12(9-17)6-8-14/h5-8,13,15,18,20H,3-4,10-11H2,1-2H3,(H,19,21). The maximum atomic E-state index is 11.7. The molecule has 5 heteroatoms. The van der Waals surface area contributed by atoms with Crippen LogP contribution >= 0.6 is 0 Å². The molecule has 114 valence electrons. The van der Waals surface area contributed by atoms with Crippen LogP contribution in [0.3, 0.4) is 0 Å². The van der Waals surface area contributed by atoms with E-state index in [1.807, 2.05) is 19.9 Å². The Morgan fingerprint density at radius 1 is 1.29 bits per heavy atom. The number of hydrogen-bond donors (Lipinski definition) is 3. The number of benzene rings is 1. The summed E-state index contributed by atoms with van der Waals surface area (Å²) in [5.74, 6) is 0.0566. The summed E-state index contributed by atoms with van der Waals surface area (Å²) in [6.07, 6.45) is 1.30. The van der Waals surface area contributed by atoms with Gasteiger partial charge in [-0.05, 0) is 30.2 Å². The lowest BCUT2D eigenvalue weighted by atomic mass is 9.96. The van der Waals surface area contributed by atoms with E-state index in [9.17, 15) is 9.90 Å². The van der Waals surface area contributed by atoms with Gasteiger partial charge in [0.15, 0.2) is 0 Å². The summed E-state index contributed by atoms with van der Waals surface area (Å²) in [4.78, 5) is 11.7. The Hall–Kier alpha value is -2.06. The Labute approximate surface area is 126 Å². The Balaban J connectivity index is 2.32. The number of carbonyl (C=O) groups is 1. The zero-order valence-electron chi connectivity index (χ0n) is 12.6. The summed E-state index contributed by atoms with van der Waals surface area (Å²) in [7, 11) is 0. The number of nitriles is 1. The molecule has 0 heterocycles. The third-order valence-corrected chi connectivity index (χ3v) is 3.57. The van der Waals surface area contributed by atoms with Gasteiger partial charge >= 0.3 is 0 Å². The summed E-state index contributed by atoms with van der Waals surface area (Å²) < 4.78 is 0. The van der Waals surface area contributed by atoms with Crippen molar-refractivity contribution in [3.63, 3.8) is 0 Å². The molecule has 0 aliphatic carbocycles. The van der Waals surface area contributed by atoms with Crippen LogP contribution in [-0.4, -0.2) is 30.2 Å². The number of amides is 1. The highest BCUT2D eigenvalue weighted by molar-refractivity contribution is 5.80. The first-order valence-corrected chi connectivity index (χ1v) is 7.29. The molecule has 21 heavy (non-hydrogen) atoms. The maximum Gasteiger partial charge on any atom is 0.239 e. The van der Waals surface area contributed by atoms with Crippen LogP contribution in [0.15, 0.2) is 24.3 Å². The molecule has 0 bridgehead atoms. The molecule has 0 saturated carbocycles. The normalized spacial score (nSPS) is 11.8. The summed E-state index contributed by atoms with van der Waals surface area (Å²) >= 11 is 0. The molecule has 3 N–H and O–H groups in total. The molecule has 1 rings (SSSR count). The molecule has 0 aromatic heterocycles. The van der Waals surface area contributed by atoms with Gasteiger partial charge in [-0.25, -0.2) is 0 Å². The van der Waals surface area contributed by atoms with E-state index in [0.717, 1.165) is 18.5 Å². The third-order valence-electron chi connectivity index (χ3n) is 3.57. The molecule has 0 saturated heterocycles. The SMILES string of the molecule is CCC(CC)C(O)CNC(=O)CNc1ccc(C#N)cc1. The minimum atomic E-state index is -0.501. The number of hydrogen-bond acceptors (Lipinski definition) is 4. The number of anilines is 1. The van der Waals surface area contributed by atoms with Gasteiger partial charge in [0, 0.05) is 12.2 Å². The van der Waals surface area contributed by atoms with Gasteiger partial charge in [-0.2, -0.15) is 5.26 Å². The molecule has 0 aliphatic heterocycles. The number of nitrogens with zero attached hydrogens (tertiary/aromatic N) is 1. The van der Waals surface area contributed by atoms with Crippen molar-refractivity contribution in [2.24, 2.45) is 5.92 Å². The van der Waals surface area contributed by atoms with E-state index in [0.29, 0.717) is 5.56 Å². The fourth-order valence-corrected chi connectivity index (χ4v) is 2.13. The quantitative estimate of drug-likeness (QED) is 0.682. The molecule has 1 atom stereocenters. The van der Waals surface area contributed by atoms with E-state index >= 15 is 0 Å². The van der Waals surface area contributed by atoms with Crippen molar-refractivity contribution in [2.45, 2.75) is 32.8 Å². The van der Waals surface area contributed by atoms with E-state index < -0.39 is 6.10 Å². The number of nitrogens with one attached hydrogen (secondary N) is 2. The molecule has 1 aromatic carbocycles. The van der Waals surface area contributed by atoms with E-state index in [1.54, 1.807) is 24.3 Å². The second kappa shape index (κ2) is 8.98. The van der Waals surface area contributed by atoms with E-state index in [4.69, 9.17) is 5.26 Å². The van der Waals surface area contributed by atoms with E-state index in [-0.39, 0.29) is 24.9 Å². The molecule has 0 spiro atoms. The lowest BCUT2D eigenvalue weighted by Crippen LogP contribution is -2.38. The highest BCUT2D eigenvalue weighted by Crippen LogP contribution is 2.12. The number of aliphatic hydroxyl groups excluding tert-OH is 1. The van der Waals surface area contributed by atoms with Gasteiger partial charge in [-0.1, -0.05) is 26.7 Å². The zero-order chi connectivity index (χ0) is 15.7. The van der Waals surface area contributed by atoms with Crippen molar-refractivity contribution >= 4 is 11.6 Å². The van der Waals surface area contributed by atoms with Crippen molar-refractivity contribution < 1.29 is 9.90 Å². The van der Waals surface area contributed by atoms with Crippen LogP contribution in [0.4, 0.5) is 5.69 Å². The van der Waals surface area contributed by atoms with Crippen LogP contribution < -0.4 is 10.6 Å². The van der Waals surface area contributed by atoms with Gasteiger partial charge in [0.25, 0.3) is 0 Å². The second-order valence-corrected chi connectivity index (χ2v) is 4.99. The molecule has 0 fully saturated rings. The van der Waals surface area contributed by atoms with E-state index in [2.05, 4.69) is 10.6 Å². The largest absolute Gasteiger partial charge is 0.391 e. The number of aliphatic hydroxyl groups is 1. The van der Waals surface area contributed by atoms with Crippen LogP contribution in [0.1, 0.15) is 32.3 Å². The highest BCUT2D eigenvalue weighted by Gasteiger charge is 2.15. The minimum absolute atomic E-state index is 0.140. The van der Waals surface area contributed by atoms with Gasteiger partial charge in [0.1, 0.15) is 0 Å². The van der Waals surface area contributed by atoms with Gasteiger partial charge in [0.2, 0.25) is 5.91 Å². The first-order valence-electron chi connectivity index (χ1n) is 7.29. The molecule has 1 amide bonds. The van der Waals surface area contributed by atoms with Crippen molar-refractivity contribution in [3.8, 4) is 6.07 Å². The number of carbonyl (C=O) groups excluding carboxylic acids is 1. The van der Waals surface area contributed by atoms with Crippen LogP contribution in [0.2, 0.25) is 0 Å². The highest BCUT2D eigenvalue weighted by atomic mass is 16.3. The smallest absolute Gasteiger partial charge is 0.239 e. The Morgan fingerprint density at radius 2 is 1.90 bits per heavy atom. The van der Waals surface area contributed by atoms with Gasteiger partial charge < -0.3 is 15.7 Å². The van der Waals surface area contributed by atoms with Crippen molar-refractivity contribution in [1.29, 1.82) is 5.26 Å². The van der Waals surface area contributed by atoms with Gasteiger partial charge in [-0.3, -0.25) is 4.79 Å². The topological polar surface area (TPSA) is 85.2 Å². The number of rotatable bonds is 8. The first kappa shape index (κ1) is 17.0. The average molecular weight is 289 g/mol. The zero-order valence-corrected chi connectivity index (χ0v) is 12.6. The predicted molar refractivity (Wildman–Crippen MR) is 82.7 cm³/mol. The Bertz CT molecular complexity index is 475. The van der Waals surface area contributed by atoms with Gasteiger partial charge in [-0.15, -0.1) is 0 Å². The van der Waals surface area contributed by atoms with Crippen molar-refractivity contribution in [1.82, 2.24) is 5.32 Å². The molecule has 0 aliphatic rings. The molecule has 0 radical (unpaired) electrons. The third kappa shape index (κ3) is 5.84. The molecule has 1 aromatic rings. The Kier molecular flexibility index (Phi) is 7.27. The van der Waals surface area contributed by atoms with Crippen molar-refractivity contribution in [2.75, 3.05) is 18.4 Å². The van der Waals surface area contributed by atoms with Crippen LogP contribution in [0.25, 0.3) is 0 Å². The lowest BCUT2D eigenvalue weighted by Gasteiger charge is -2.20. The Morgan fingerprint density at radius 3 is 2.43 bits per heavy atom. The fourth-order valence-electron chi connectivity index (χ4n) is 2.13. The fraction of sp³-hybridized carbons (Fsp3) is 0.500. The molecular weight excluding hydrogens is 266 g/mol. The minimum Gasteiger partial charge on any atom is -0.391 e. The monoisotopic (exact) mass is 289 g/mol. The van der Waals surface area contributed by atoms with Gasteiger partial charge in [0.05, 0.1) is 24.3 Å². The summed E-state index contributed by atoms with van der Waals surface area (Å²) in [6.45, 7) is 4.49. The van der Waals surface area contributed by atoms with Crippen LogP contribution in [-0.2, 0) is 4.79 Å². The first-order chi connectivity index (χ1) is 10.1. The van der Waals surface area contributed by atoms with E-state index in [1.165, 1.54) is 0 Å². The predicted octanol–water partition coefficient (Wildman–Crippen LogP) is 1.88. The second-order valence-electron chi connectivity index (χ2n) is 4.99. The average Bonchev–Trinajstić information content (AvgIpc) is 2.52. The lowest BCUT2D eigenvalue weighted by molar-refractivity contribution is -0.120. The summed E-state index contributed by atoms with van der Waals surface area (Å²) in [5, 5.41) is 24.3.